The molecular formula is C15H22N2O2S. The van der Waals surface area contributed by atoms with Crippen LogP contribution in [0.5, 0.6) is 0 Å². The van der Waals surface area contributed by atoms with Crippen molar-refractivity contribution in [3.05, 3.63) is 24.0 Å². The van der Waals surface area contributed by atoms with E-state index in [4.69, 9.17) is 0 Å². The molecule has 1 saturated heterocycles. The Kier molecular flexibility index (Phi) is 4.08. The predicted octanol–water partition coefficient (Wildman–Crippen LogP) is 2.20. The number of amides is 1. The summed E-state index contributed by atoms with van der Waals surface area (Å²) in [5.41, 5.74) is 0.0108. The Morgan fingerprint density at radius 2 is 2.30 bits per heavy atom. The summed E-state index contributed by atoms with van der Waals surface area (Å²) in [5, 5.41) is 13.2. The van der Waals surface area contributed by atoms with Crippen LogP contribution in [-0.4, -0.2) is 39.2 Å². The third kappa shape index (κ3) is 2.88. The number of nitrogens with zero attached hydrogens (tertiary/aromatic N) is 1. The van der Waals surface area contributed by atoms with Crippen molar-refractivity contribution < 1.29 is 9.90 Å². The quantitative estimate of drug-likeness (QED) is 0.895. The molecule has 5 heteroatoms. The summed E-state index contributed by atoms with van der Waals surface area (Å²) in [6.45, 7) is 0.356. The largest absolute Gasteiger partial charge is 0.387 e. The van der Waals surface area contributed by atoms with Crippen molar-refractivity contribution in [3.8, 4) is 0 Å². The topological polar surface area (TPSA) is 54.3 Å². The molecule has 110 valence electrons. The molecule has 20 heavy (non-hydrogen) atoms. The third-order valence-corrected chi connectivity index (χ3v) is 5.62. The van der Waals surface area contributed by atoms with Crippen LogP contribution >= 0.6 is 11.8 Å². The molecule has 1 aromatic heterocycles. The van der Waals surface area contributed by atoms with Gasteiger partial charge in [0.15, 0.2) is 0 Å². The Bertz CT molecular complexity index is 474. The van der Waals surface area contributed by atoms with Gasteiger partial charge in [-0.3, -0.25) is 4.79 Å². The van der Waals surface area contributed by atoms with Crippen LogP contribution in [0.15, 0.2) is 18.3 Å². The highest BCUT2D eigenvalue weighted by Gasteiger charge is 2.32. The summed E-state index contributed by atoms with van der Waals surface area (Å²) in [6.07, 6.45) is 7.60. The highest BCUT2D eigenvalue weighted by atomic mass is 32.2. The fourth-order valence-corrected chi connectivity index (χ4v) is 4.45. The van der Waals surface area contributed by atoms with Crippen molar-refractivity contribution in [2.24, 2.45) is 0 Å². The van der Waals surface area contributed by atoms with E-state index in [9.17, 15) is 9.90 Å². The molecular weight excluding hydrogens is 272 g/mol. The average molecular weight is 294 g/mol. The number of aromatic nitrogens is 1. The highest BCUT2D eigenvalue weighted by Crippen LogP contribution is 2.31. The first-order chi connectivity index (χ1) is 9.68. The standard InChI is InChI=1S/C15H22N2O2S/c18-14(16-10-15(19)7-9-20-11-15)13-6-3-8-17(13)12-4-1-2-5-12/h3,6,8,12,19H,1-2,4-5,7,9-11H2,(H,16,18). The Hall–Kier alpha value is -0.940. The van der Waals surface area contributed by atoms with Gasteiger partial charge in [-0.05, 0) is 37.1 Å². The van der Waals surface area contributed by atoms with Gasteiger partial charge in [0.25, 0.3) is 5.91 Å². The molecule has 2 N–H and O–H groups in total. The zero-order chi connectivity index (χ0) is 14.0. The summed E-state index contributed by atoms with van der Waals surface area (Å²) in [7, 11) is 0. The smallest absolute Gasteiger partial charge is 0.268 e. The monoisotopic (exact) mass is 294 g/mol. The molecule has 0 radical (unpaired) electrons. The number of carbonyl (C=O) groups is 1. The lowest BCUT2D eigenvalue weighted by Crippen LogP contribution is -2.43. The molecule has 1 aromatic rings. The fraction of sp³-hybridized carbons (Fsp3) is 0.667. The first-order valence-corrected chi connectivity index (χ1v) is 8.59. The SMILES string of the molecule is O=C(NCC1(O)CCSC1)c1cccn1C1CCCC1. The van der Waals surface area contributed by atoms with Crippen LogP contribution in [0, 0.1) is 0 Å². The normalized spacial score (nSPS) is 27.1. The molecule has 4 nitrogen and oxygen atoms in total. The van der Waals surface area contributed by atoms with Crippen LogP contribution in [0.3, 0.4) is 0 Å². The van der Waals surface area contributed by atoms with Gasteiger partial charge in [-0.15, -0.1) is 0 Å². The first kappa shape index (κ1) is 14.0. The van der Waals surface area contributed by atoms with E-state index < -0.39 is 5.60 Å². The van der Waals surface area contributed by atoms with Crippen molar-refractivity contribution in [2.45, 2.75) is 43.7 Å². The number of rotatable bonds is 4. The van der Waals surface area contributed by atoms with Gasteiger partial charge in [0.05, 0.1) is 5.60 Å². The van der Waals surface area contributed by atoms with Crippen LogP contribution in [0.25, 0.3) is 0 Å². The lowest BCUT2D eigenvalue weighted by Gasteiger charge is -2.22. The number of nitrogens with one attached hydrogen (secondary N) is 1. The molecule has 0 spiro atoms. The number of hydrogen-bond donors (Lipinski definition) is 2. The molecule has 3 rings (SSSR count). The minimum atomic E-state index is -0.717. The Balaban J connectivity index is 1.63. The number of hydrogen-bond acceptors (Lipinski definition) is 3. The van der Waals surface area contributed by atoms with Gasteiger partial charge in [-0.2, -0.15) is 11.8 Å². The molecule has 1 aliphatic heterocycles. The van der Waals surface area contributed by atoms with Gasteiger partial charge < -0.3 is 15.0 Å². The molecule has 0 aromatic carbocycles. The van der Waals surface area contributed by atoms with Crippen molar-refractivity contribution in [1.29, 1.82) is 0 Å². The first-order valence-electron chi connectivity index (χ1n) is 7.43. The maximum Gasteiger partial charge on any atom is 0.268 e. The third-order valence-electron chi connectivity index (χ3n) is 4.39. The van der Waals surface area contributed by atoms with E-state index in [0.29, 0.717) is 12.6 Å². The van der Waals surface area contributed by atoms with E-state index in [1.54, 1.807) is 11.8 Å². The number of thioether (sulfide) groups is 1. The van der Waals surface area contributed by atoms with Crippen molar-refractivity contribution >= 4 is 17.7 Å². The average Bonchev–Trinajstić information content (AvgIpc) is 3.16. The van der Waals surface area contributed by atoms with Crippen LogP contribution in [0.1, 0.15) is 48.6 Å². The fourth-order valence-electron chi connectivity index (χ4n) is 3.16. The van der Waals surface area contributed by atoms with Crippen molar-refractivity contribution in [3.63, 3.8) is 0 Å². The zero-order valence-electron chi connectivity index (χ0n) is 11.7. The molecule has 1 aliphatic carbocycles. The molecule has 2 aliphatic rings. The molecule has 0 bridgehead atoms. The van der Waals surface area contributed by atoms with Crippen LogP contribution < -0.4 is 5.32 Å². The summed E-state index contributed by atoms with van der Waals surface area (Å²) >= 11 is 1.75. The van der Waals surface area contributed by atoms with E-state index >= 15 is 0 Å². The molecule has 1 atom stereocenters. The molecule has 2 heterocycles. The van der Waals surface area contributed by atoms with Crippen LogP contribution in [-0.2, 0) is 0 Å². The van der Waals surface area contributed by atoms with Gasteiger partial charge in [0.1, 0.15) is 5.69 Å². The van der Waals surface area contributed by atoms with Gasteiger partial charge in [-0.1, -0.05) is 12.8 Å². The van der Waals surface area contributed by atoms with E-state index in [2.05, 4.69) is 9.88 Å². The minimum Gasteiger partial charge on any atom is -0.387 e. The second-order valence-electron chi connectivity index (χ2n) is 5.95. The zero-order valence-corrected chi connectivity index (χ0v) is 12.5. The lowest BCUT2D eigenvalue weighted by molar-refractivity contribution is 0.0608. The van der Waals surface area contributed by atoms with Gasteiger partial charge in [-0.25, -0.2) is 0 Å². The summed E-state index contributed by atoms with van der Waals surface area (Å²) in [5.74, 6) is 1.63. The molecule has 2 fully saturated rings. The maximum absolute atomic E-state index is 12.3. The molecule has 1 amide bonds. The van der Waals surface area contributed by atoms with Crippen molar-refractivity contribution in [1.82, 2.24) is 9.88 Å². The highest BCUT2D eigenvalue weighted by molar-refractivity contribution is 7.99. The van der Waals surface area contributed by atoms with Crippen LogP contribution in [0.2, 0.25) is 0 Å². The summed E-state index contributed by atoms with van der Waals surface area (Å²) in [4.78, 5) is 12.3. The lowest BCUT2D eigenvalue weighted by atomic mass is 10.0. The van der Waals surface area contributed by atoms with Gasteiger partial charge >= 0.3 is 0 Å². The second-order valence-corrected chi connectivity index (χ2v) is 7.05. The summed E-state index contributed by atoms with van der Waals surface area (Å²) in [6, 6.07) is 4.28. The van der Waals surface area contributed by atoms with E-state index in [1.807, 2.05) is 18.3 Å². The molecule has 1 saturated carbocycles. The van der Waals surface area contributed by atoms with Crippen molar-refractivity contribution in [2.75, 3.05) is 18.1 Å². The second kappa shape index (κ2) is 5.82. The Labute approximate surface area is 123 Å². The maximum atomic E-state index is 12.3. The molecule has 1 unspecified atom stereocenters. The number of carbonyl (C=O) groups excluding carboxylic acids is 1. The Morgan fingerprint density at radius 3 is 3.00 bits per heavy atom. The van der Waals surface area contributed by atoms with Gasteiger partial charge in [0.2, 0.25) is 0 Å². The minimum absolute atomic E-state index is 0.0628. The Morgan fingerprint density at radius 1 is 1.50 bits per heavy atom. The van der Waals surface area contributed by atoms with Gasteiger partial charge in [0, 0.05) is 24.5 Å². The van der Waals surface area contributed by atoms with E-state index in [1.165, 1.54) is 12.8 Å². The van der Waals surface area contributed by atoms with Crippen LogP contribution in [0.4, 0.5) is 0 Å². The summed E-state index contributed by atoms with van der Waals surface area (Å²) < 4.78 is 2.11. The van der Waals surface area contributed by atoms with E-state index in [-0.39, 0.29) is 5.91 Å². The van der Waals surface area contributed by atoms with E-state index in [0.717, 1.165) is 36.5 Å². The predicted molar refractivity (Wildman–Crippen MR) is 81.2 cm³/mol. The number of aliphatic hydroxyl groups is 1.